The molecule has 0 saturated carbocycles. The molecule has 0 radical (unpaired) electrons. The van der Waals surface area contributed by atoms with E-state index in [0.29, 0.717) is 5.69 Å². The molecule has 0 aromatic heterocycles. The van der Waals surface area contributed by atoms with Crippen molar-refractivity contribution in [3.05, 3.63) is 88.4 Å². The van der Waals surface area contributed by atoms with Crippen LogP contribution < -0.4 is 10.0 Å². The molecule has 2 N–H and O–H groups in total. The van der Waals surface area contributed by atoms with Gasteiger partial charge in [-0.15, -0.1) is 0 Å². The van der Waals surface area contributed by atoms with Crippen LogP contribution in [0.5, 0.6) is 0 Å². The van der Waals surface area contributed by atoms with Gasteiger partial charge < -0.3 is 5.32 Å². The summed E-state index contributed by atoms with van der Waals surface area (Å²) in [5, 5.41) is 3.04. The molecule has 162 valence electrons. The minimum absolute atomic E-state index is 0.141. The van der Waals surface area contributed by atoms with Gasteiger partial charge in [0.25, 0.3) is 15.9 Å². The Kier molecular flexibility index (Phi) is 7.36. The molecule has 1 amide bonds. The Morgan fingerprint density at radius 3 is 2.23 bits per heavy atom. The summed E-state index contributed by atoms with van der Waals surface area (Å²) < 4.78 is 27.8. The van der Waals surface area contributed by atoms with E-state index in [2.05, 4.69) is 17.0 Å². The van der Waals surface area contributed by atoms with E-state index in [4.69, 9.17) is 11.6 Å². The standard InChI is InChI=1S/C24H25ClN2O3S/c1-3-4-5-18-8-10-19(11-9-18)26-24(28)22-16-20(12-15-23(22)25)27-31(29,30)21-13-6-17(2)7-14-21/h6-16,27H,3-5H2,1-2H3,(H,26,28). The summed E-state index contributed by atoms with van der Waals surface area (Å²) >= 11 is 6.21. The Hall–Kier alpha value is -2.83. The number of nitrogens with one attached hydrogen (secondary N) is 2. The first-order valence-electron chi connectivity index (χ1n) is 10.1. The number of carbonyl (C=O) groups excluding carboxylic acids is 1. The number of amides is 1. The normalized spacial score (nSPS) is 11.2. The topological polar surface area (TPSA) is 75.3 Å². The third-order valence-electron chi connectivity index (χ3n) is 4.83. The molecule has 0 unspecified atom stereocenters. The van der Waals surface area contributed by atoms with Gasteiger partial charge in [0, 0.05) is 11.4 Å². The van der Waals surface area contributed by atoms with Gasteiger partial charge >= 0.3 is 0 Å². The summed E-state index contributed by atoms with van der Waals surface area (Å²) in [7, 11) is -3.78. The van der Waals surface area contributed by atoms with Crippen molar-refractivity contribution in [2.45, 2.75) is 38.0 Å². The van der Waals surface area contributed by atoms with Crippen LogP contribution in [0.25, 0.3) is 0 Å². The molecule has 0 saturated heterocycles. The summed E-state index contributed by atoms with van der Waals surface area (Å²) in [6, 6.07) is 18.6. The maximum atomic E-state index is 12.7. The number of unbranched alkanes of at least 4 members (excludes halogenated alkanes) is 1. The highest BCUT2D eigenvalue weighted by atomic mass is 35.5. The number of rotatable bonds is 8. The molecule has 0 aliphatic carbocycles. The quantitative estimate of drug-likeness (QED) is 0.433. The van der Waals surface area contributed by atoms with Crippen LogP contribution in [0.2, 0.25) is 5.02 Å². The second kappa shape index (κ2) is 9.98. The fraction of sp³-hybridized carbons (Fsp3) is 0.208. The van der Waals surface area contributed by atoms with E-state index >= 15 is 0 Å². The van der Waals surface area contributed by atoms with Crippen LogP contribution in [0, 0.1) is 6.92 Å². The van der Waals surface area contributed by atoms with Gasteiger partial charge in [-0.25, -0.2) is 8.42 Å². The van der Waals surface area contributed by atoms with E-state index < -0.39 is 15.9 Å². The molecule has 0 atom stereocenters. The SMILES string of the molecule is CCCCc1ccc(NC(=O)c2cc(NS(=O)(=O)c3ccc(C)cc3)ccc2Cl)cc1. The molecule has 0 aliphatic rings. The predicted molar refractivity (Wildman–Crippen MR) is 126 cm³/mol. The van der Waals surface area contributed by atoms with E-state index in [9.17, 15) is 13.2 Å². The summed E-state index contributed by atoms with van der Waals surface area (Å²) in [5.41, 5.74) is 3.26. The van der Waals surface area contributed by atoms with Crippen LogP contribution in [0.3, 0.4) is 0 Å². The average molecular weight is 457 g/mol. The number of carbonyl (C=O) groups is 1. The average Bonchev–Trinajstić information content (AvgIpc) is 2.74. The maximum absolute atomic E-state index is 12.7. The summed E-state index contributed by atoms with van der Waals surface area (Å²) in [5.74, 6) is -0.414. The van der Waals surface area contributed by atoms with Gasteiger partial charge in [-0.05, 0) is 67.8 Å². The number of aryl methyl sites for hydroxylation is 2. The molecule has 0 fully saturated rings. The van der Waals surface area contributed by atoms with Gasteiger partial charge in [0.2, 0.25) is 0 Å². The number of hydrogen-bond acceptors (Lipinski definition) is 3. The van der Waals surface area contributed by atoms with Crippen molar-refractivity contribution in [1.29, 1.82) is 0 Å². The van der Waals surface area contributed by atoms with Crippen molar-refractivity contribution in [3.8, 4) is 0 Å². The van der Waals surface area contributed by atoms with Crippen LogP contribution in [0.4, 0.5) is 11.4 Å². The molecule has 0 aliphatic heterocycles. The number of benzene rings is 3. The van der Waals surface area contributed by atoms with E-state index in [1.54, 1.807) is 12.1 Å². The van der Waals surface area contributed by atoms with Gasteiger partial charge in [-0.3, -0.25) is 9.52 Å². The summed E-state index contributed by atoms with van der Waals surface area (Å²) in [6.07, 6.45) is 3.24. The molecule has 3 aromatic rings. The lowest BCUT2D eigenvalue weighted by Crippen LogP contribution is -2.15. The zero-order valence-electron chi connectivity index (χ0n) is 17.5. The molecule has 3 rings (SSSR count). The third-order valence-corrected chi connectivity index (χ3v) is 6.55. The van der Waals surface area contributed by atoms with Gasteiger partial charge in [-0.1, -0.05) is 54.8 Å². The van der Waals surface area contributed by atoms with Crippen LogP contribution >= 0.6 is 11.6 Å². The van der Waals surface area contributed by atoms with E-state index in [-0.39, 0.29) is 21.2 Å². The minimum atomic E-state index is -3.78. The fourth-order valence-electron chi connectivity index (χ4n) is 3.03. The van der Waals surface area contributed by atoms with E-state index in [1.165, 1.54) is 35.9 Å². The highest BCUT2D eigenvalue weighted by Crippen LogP contribution is 2.24. The monoisotopic (exact) mass is 456 g/mol. The van der Waals surface area contributed by atoms with Gasteiger partial charge in [0.1, 0.15) is 0 Å². The third kappa shape index (κ3) is 6.09. The first-order valence-corrected chi connectivity index (χ1v) is 11.9. The van der Waals surface area contributed by atoms with Crippen LogP contribution in [-0.2, 0) is 16.4 Å². The van der Waals surface area contributed by atoms with Gasteiger partial charge in [-0.2, -0.15) is 0 Å². The van der Waals surface area contributed by atoms with Crippen molar-refractivity contribution < 1.29 is 13.2 Å². The minimum Gasteiger partial charge on any atom is -0.322 e. The predicted octanol–water partition coefficient (Wildman–Crippen LogP) is 6.04. The lowest BCUT2D eigenvalue weighted by atomic mass is 10.1. The van der Waals surface area contributed by atoms with Crippen LogP contribution in [0.1, 0.15) is 41.3 Å². The molecule has 0 spiro atoms. The maximum Gasteiger partial charge on any atom is 0.261 e. The number of halogens is 1. The number of sulfonamides is 1. The largest absolute Gasteiger partial charge is 0.322 e. The van der Waals surface area contributed by atoms with Crippen LogP contribution in [0.15, 0.2) is 71.6 Å². The molecule has 0 bridgehead atoms. The Labute approximate surface area is 188 Å². The highest BCUT2D eigenvalue weighted by Gasteiger charge is 2.17. The Balaban J connectivity index is 1.75. The lowest BCUT2D eigenvalue weighted by molar-refractivity contribution is 0.102. The second-order valence-corrected chi connectivity index (χ2v) is 9.46. The first kappa shape index (κ1) is 22.8. The molecule has 7 heteroatoms. The first-order chi connectivity index (χ1) is 14.8. The molecular formula is C24H25ClN2O3S. The molecule has 3 aromatic carbocycles. The summed E-state index contributed by atoms with van der Waals surface area (Å²) in [6.45, 7) is 4.03. The Morgan fingerprint density at radius 1 is 0.935 bits per heavy atom. The fourth-order valence-corrected chi connectivity index (χ4v) is 4.28. The van der Waals surface area contributed by atoms with Crippen molar-refractivity contribution in [2.75, 3.05) is 10.0 Å². The van der Waals surface area contributed by atoms with Crippen molar-refractivity contribution >= 4 is 38.9 Å². The van der Waals surface area contributed by atoms with Crippen molar-refractivity contribution in [1.82, 2.24) is 0 Å². The van der Waals surface area contributed by atoms with Gasteiger partial charge in [0.15, 0.2) is 0 Å². The zero-order chi connectivity index (χ0) is 22.4. The van der Waals surface area contributed by atoms with E-state index in [0.717, 1.165) is 24.8 Å². The Morgan fingerprint density at radius 2 is 1.58 bits per heavy atom. The van der Waals surface area contributed by atoms with Crippen molar-refractivity contribution in [2.24, 2.45) is 0 Å². The Bertz CT molecular complexity index is 1160. The van der Waals surface area contributed by atoms with Crippen molar-refractivity contribution in [3.63, 3.8) is 0 Å². The van der Waals surface area contributed by atoms with Gasteiger partial charge in [0.05, 0.1) is 15.5 Å². The smallest absolute Gasteiger partial charge is 0.261 e. The number of hydrogen-bond donors (Lipinski definition) is 2. The van der Waals surface area contributed by atoms with E-state index in [1.807, 2.05) is 31.2 Å². The lowest BCUT2D eigenvalue weighted by Gasteiger charge is -2.12. The molecular weight excluding hydrogens is 432 g/mol. The molecule has 0 heterocycles. The van der Waals surface area contributed by atoms with Crippen LogP contribution in [-0.4, -0.2) is 14.3 Å². The molecule has 5 nitrogen and oxygen atoms in total. The highest BCUT2D eigenvalue weighted by molar-refractivity contribution is 7.92. The molecule has 31 heavy (non-hydrogen) atoms. The zero-order valence-corrected chi connectivity index (χ0v) is 19.1. The summed E-state index contributed by atoms with van der Waals surface area (Å²) in [4.78, 5) is 12.9. The number of anilines is 2. The second-order valence-electron chi connectivity index (χ2n) is 7.37.